The molecular weight excluding hydrogens is 371 g/mol. The zero-order valence-electron chi connectivity index (χ0n) is 12.9. The van der Waals surface area contributed by atoms with Crippen molar-refractivity contribution in [3.63, 3.8) is 0 Å². The number of nitrogens with zero attached hydrogens (tertiary/aromatic N) is 1. The van der Waals surface area contributed by atoms with Gasteiger partial charge in [-0.1, -0.05) is 23.2 Å². The van der Waals surface area contributed by atoms with Gasteiger partial charge < -0.3 is 10.1 Å². The highest BCUT2D eigenvalue weighted by molar-refractivity contribution is 6.36. The first kappa shape index (κ1) is 18.7. The van der Waals surface area contributed by atoms with Gasteiger partial charge in [-0.25, -0.2) is 4.79 Å². The van der Waals surface area contributed by atoms with Gasteiger partial charge in [0, 0.05) is 35.5 Å². The number of nitro benzene ring substituents is 1. The Morgan fingerprint density at radius 1 is 1.16 bits per heavy atom. The van der Waals surface area contributed by atoms with Crippen LogP contribution in [0.15, 0.2) is 36.4 Å². The number of nitro groups is 1. The predicted octanol–water partition coefficient (Wildman–Crippen LogP) is 3.98. The van der Waals surface area contributed by atoms with Gasteiger partial charge in [-0.05, 0) is 24.3 Å². The Hall–Kier alpha value is -2.64. The quantitative estimate of drug-likeness (QED) is 0.351. The molecule has 130 valence electrons. The van der Waals surface area contributed by atoms with Gasteiger partial charge in [-0.3, -0.25) is 14.9 Å². The summed E-state index contributed by atoms with van der Waals surface area (Å²) >= 11 is 11.7. The third-order valence-corrected chi connectivity index (χ3v) is 3.82. The van der Waals surface area contributed by atoms with Crippen LogP contribution in [0, 0.1) is 10.1 Å². The molecule has 0 unspecified atom stereocenters. The first-order valence-electron chi connectivity index (χ1n) is 6.95. The number of esters is 1. The van der Waals surface area contributed by atoms with Crippen LogP contribution in [-0.2, 0) is 4.74 Å². The van der Waals surface area contributed by atoms with Crippen molar-refractivity contribution in [1.29, 1.82) is 0 Å². The van der Waals surface area contributed by atoms with E-state index in [9.17, 15) is 19.7 Å². The van der Waals surface area contributed by atoms with E-state index in [-0.39, 0.29) is 21.8 Å². The van der Waals surface area contributed by atoms with Crippen molar-refractivity contribution in [2.75, 3.05) is 19.0 Å². The van der Waals surface area contributed by atoms with E-state index in [1.54, 1.807) is 7.05 Å². The number of hydrogen-bond donors (Lipinski definition) is 1. The summed E-state index contributed by atoms with van der Waals surface area (Å²) in [5, 5.41) is 14.1. The van der Waals surface area contributed by atoms with Gasteiger partial charge in [0.05, 0.1) is 15.5 Å². The first-order valence-corrected chi connectivity index (χ1v) is 7.70. The Morgan fingerprint density at radius 2 is 1.88 bits per heavy atom. The standard InChI is InChI=1S/C16H12Cl2N2O5/c1-19-14-5-3-10(20(23)24)7-12(14)16(22)25-8-15(21)11-4-2-9(17)6-13(11)18/h2-7,19H,8H2,1H3. The number of ketones is 1. The number of anilines is 1. The Kier molecular flexibility index (Phi) is 5.95. The summed E-state index contributed by atoms with van der Waals surface area (Å²) in [6, 6.07) is 8.02. The fourth-order valence-corrected chi connectivity index (χ4v) is 2.55. The van der Waals surface area contributed by atoms with E-state index in [0.717, 1.165) is 6.07 Å². The van der Waals surface area contributed by atoms with Crippen LogP contribution in [-0.4, -0.2) is 30.3 Å². The predicted molar refractivity (Wildman–Crippen MR) is 93.7 cm³/mol. The third kappa shape index (κ3) is 4.46. The summed E-state index contributed by atoms with van der Waals surface area (Å²) in [6.45, 7) is -0.563. The number of carbonyl (C=O) groups excluding carboxylic acids is 2. The third-order valence-electron chi connectivity index (χ3n) is 3.27. The van der Waals surface area contributed by atoms with E-state index >= 15 is 0 Å². The summed E-state index contributed by atoms with van der Waals surface area (Å²) < 4.78 is 4.96. The van der Waals surface area contributed by atoms with E-state index in [1.807, 2.05) is 0 Å². The van der Waals surface area contributed by atoms with Gasteiger partial charge in [0.1, 0.15) is 0 Å². The lowest BCUT2D eigenvalue weighted by molar-refractivity contribution is -0.384. The molecule has 9 heteroatoms. The molecule has 0 heterocycles. The summed E-state index contributed by atoms with van der Waals surface area (Å²) in [5.74, 6) is -1.39. The lowest BCUT2D eigenvalue weighted by Gasteiger charge is -2.09. The minimum Gasteiger partial charge on any atom is -0.454 e. The maximum absolute atomic E-state index is 12.2. The molecule has 0 saturated carbocycles. The number of hydrogen-bond acceptors (Lipinski definition) is 6. The second-order valence-corrected chi connectivity index (χ2v) is 5.70. The molecule has 0 saturated heterocycles. The van der Waals surface area contributed by atoms with Crippen LogP contribution < -0.4 is 5.32 Å². The Labute approximate surface area is 152 Å². The molecule has 0 bridgehead atoms. The fourth-order valence-electron chi connectivity index (χ4n) is 2.03. The van der Waals surface area contributed by atoms with Crippen LogP contribution in [0.1, 0.15) is 20.7 Å². The average molecular weight is 383 g/mol. The lowest BCUT2D eigenvalue weighted by Crippen LogP contribution is -2.16. The van der Waals surface area contributed by atoms with Crippen molar-refractivity contribution in [2.24, 2.45) is 0 Å². The van der Waals surface area contributed by atoms with Crippen molar-refractivity contribution < 1.29 is 19.2 Å². The van der Waals surface area contributed by atoms with E-state index in [0.29, 0.717) is 10.7 Å². The summed E-state index contributed by atoms with van der Waals surface area (Å²) in [4.78, 5) is 34.5. The molecule has 7 nitrogen and oxygen atoms in total. The number of nitrogens with one attached hydrogen (secondary N) is 1. The number of ether oxygens (including phenoxy) is 1. The number of benzene rings is 2. The summed E-state index contributed by atoms with van der Waals surface area (Å²) in [7, 11) is 1.55. The van der Waals surface area contributed by atoms with Crippen LogP contribution in [0.5, 0.6) is 0 Å². The molecule has 0 aliphatic rings. The van der Waals surface area contributed by atoms with Crippen molar-refractivity contribution in [3.8, 4) is 0 Å². The van der Waals surface area contributed by atoms with Gasteiger partial charge >= 0.3 is 5.97 Å². The maximum atomic E-state index is 12.2. The Balaban J connectivity index is 2.15. The first-order chi connectivity index (χ1) is 11.8. The topological polar surface area (TPSA) is 98.5 Å². The summed E-state index contributed by atoms with van der Waals surface area (Å²) in [5.41, 5.74) is 0.184. The average Bonchev–Trinajstić information content (AvgIpc) is 2.58. The second kappa shape index (κ2) is 7.96. The molecule has 0 aromatic heterocycles. The molecule has 2 aromatic rings. The highest BCUT2D eigenvalue weighted by Crippen LogP contribution is 2.24. The molecule has 0 aliphatic heterocycles. The molecule has 0 radical (unpaired) electrons. The van der Waals surface area contributed by atoms with E-state index in [4.69, 9.17) is 27.9 Å². The van der Waals surface area contributed by atoms with Crippen molar-refractivity contribution >= 4 is 46.3 Å². The molecule has 1 N–H and O–H groups in total. The van der Waals surface area contributed by atoms with Gasteiger partial charge in [0.25, 0.3) is 5.69 Å². The van der Waals surface area contributed by atoms with Crippen LogP contribution in [0.4, 0.5) is 11.4 Å². The minimum atomic E-state index is -0.869. The Morgan fingerprint density at radius 3 is 2.48 bits per heavy atom. The largest absolute Gasteiger partial charge is 0.454 e. The number of non-ortho nitro benzene ring substituents is 1. The SMILES string of the molecule is CNc1ccc([N+](=O)[O-])cc1C(=O)OCC(=O)c1ccc(Cl)cc1Cl. The van der Waals surface area contributed by atoms with E-state index in [2.05, 4.69) is 5.32 Å². The van der Waals surface area contributed by atoms with Crippen molar-refractivity contribution in [2.45, 2.75) is 0 Å². The number of carbonyl (C=O) groups is 2. The van der Waals surface area contributed by atoms with Crippen LogP contribution in [0.2, 0.25) is 10.0 Å². The van der Waals surface area contributed by atoms with Gasteiger partial charge in [0.2, 0.25) is 5.78 Å². The lowest BCUT2D eigenvalue weighted by atomic mass is 10.1. The second-order valence-electron chi connectivity index (χ2n) is 4.86. The summed E-state index contributed by atoms with van der Waals surface area (Å²) in [6.07, 6.45) is 0. The van der Waals surface area contributed by atoms with Crippen LogP contribution >= 0.6 is 23.2 Å². The molecule has 2 aromatic carbocycles. The zero-order valence-corrected chi connectivity index (χ0v) is 14.4. The van der Waals surface area contributed by atoms with Crippen molar-refractivity contribution in [1.82, 2.24) is 0 Å². The monoisotopic (exact) mass is 382 g/mol. The maximum Gasteiger partial charge on any atom is 0.340 e. The molecule has 0 atom stereocenters. The fraction of sp³-hybridized carbons (Fsp3) is 0.125. The number of halogens is 2. The molecular formula is C16H12Cl2N2O5. The van der Waals surface area contributed by atoms with Gasteiger partial charge in [0.15, 0.2) is 6.61 Å². The van der Waals surface area contributed by atoms with Gasteiger partial charge in [-0.15, -0.1) is 0 Å². The molecule has 25 heavy (non-hydrogen) atoms. The zero-order chi connectivity index (χ0) is 18.6. The highest BCUT2D eigenvalue weighted by Gasteiger charge is 2.19. The number of Topliss-reactive ketones (excluding diaryl/α,β-unsaturated/α-hetero) is 1. The Bertz CT molecular complexity index is 854. The van der Waals surface area contributed by atoms with E-state index < -0.39 is 23.3 Å². The minimum absolute atomic E-state index is 0.0493. The number of rotatable bonds is 6. The molecule has 0 amide bonds. The van der Waals surface area contributed by atoms with Crippen molar-refractivity contribution in [3.05, 3.63) is 67.7 Å². The normalized spacial score (nSPS) is 10.2. The van der Waals surface area contributed by atoms with Gasteiger partial charge in [-0.2, -0.15) is 0 Å². The highest BCUT2D eigenvalue weighted by atomic mass is 35.5. The molecule has 0 spiro atoms. The van der Waals surface area contributed by atoms with Crippen LogP contribution in [0.3, 0.4) is 0 Å². The van der Waals surface area contributed by atoms with E-state index in [1.165, 1.54) is 30.3 Å². The molecule has 0 fully saturated rings. The molecule has 0 aliphatic carbocycles. The molecule has 2 rings (SSSR count). The smallest absolute Gasteiger partial charge is 0.340 e. The van der Waals surface area contributed by atoms with Crippen LogP contribution in [0.25, 0.3) is 0 Å².